The van der Waals surface area contributed by atoms with Gasteiger partial charge in [-0.15, -0.1) is 0 Å². The minimum Gasteiger partial charge on any atom is -0.378 e. The van der Waals surface area contributed by atoms with Crippen LogP contribution in [0.4, 0.5) is 0 Å². The van der Waals surface area contributed by atoms with Crippen LogP contribution in [0.3, 0.4) is 0 Å². The normalized spacial score (nSPS) is 37.6. The molecule has 0 radical (unpaired) electrons. The van der Waals surface area contributed by atoms with Crippen LogP contribution in [-0.2, 0) is 14.3 Å². The van der Waals surface area contributed by atoms with Crippen LogP contribution in [0.1, 0.15) is 0 Å². The Morgan fingerprint density at radius 1 is 1.45 bits per heavy atom. The Kier molecular flexibility index (Phi) is 1.79. The molecule has 0 saturated carbocycles. The first kappa shape index (κ1) is 7.06. The maximum atomic E-state index is 10.8. The Balaban J connectivity index is 2.00. The van der Waals surface area contributed by atoms with E-state index >= 15 is 0 Å². The molecule has 2 heterocycles. The molecule has 2 atom stereocenters. The summed E-state index contributed by atoms with van der Waals surface area (Å²) in [4.78, 5) is 10.8. The zero-order valence-electron chi connectivity index (χ0n) is 6.21. The van der Waals surface area contributed by atoms with Crippen LogP contribution < -0.4 is 5.32 Å². The van der Waals surface area contributed by atoms with Crippen LogP contribution in [0.25, 0.3) is 0 Å². The van der Waals surface area contributed by atoms with Crippen molar-refractivity contribution in [1.82, 2.24) is 5.32 Å². The quantitative estimate of drug-likeness (QED) is 0.498. The third-order valence-electron chi connectivity index (χ3n) is 2.13. The second kappa shape index (κ2) is 2.79. The molecule has 0 aromatic heterocycles. The molecule has 0 unspecified atom stereocenters. The van der Waals surface area contributed by atoms with Gasteiger partial charge in [0.05, 0.1) is 19.3 Å². The summed E-state index contributed by atoms with van der Waals surface area (Å²) in [5, 5.41) is 2.77. The number of hydrogen-bond donors (Lipinski definition) is 1. The van der Waals surface area contributed by atoms with Gasteiger partial charge >= 0.3 is 0 Å². The SMILES string of the molecule is O=C1CO[C@@H]2COC[C@@H]2CN1. The highest BCUT2D eigenvalue weighted by molar-refractivity contribution is 5.77. The van der Waals surface area contributed by atoms with Crippen molar-refractivity contribution in [3.05, 3.63) is 0 Å². The lowest BCUT2D eigenvalue weighted by Crippen LogP contribution is -2.29. The van der Waals surface area contributed by atoms with Crippen molar-refractivity contribution in [2.24, 2.45) is 5.92 Å². The van der Waals surface area contributed by atoms with E-state index in [1.165, 1.54) is 0 Å². The van der Waals surface area contributed by atoms with Gasteiger partial charge in [-0.3, -0.25) is 4.79 Å². The van der Waals surface area contributed by atoms with Crippen LogP contribution in [-0.4, -0.2) is 38.4 Å². The fourth-order valence-electron chi connectivity index (χ4n) is 1.43. The highest BCUT2D eigenvalue weighted by atomic mass is 16.5. The first-order chi connectivity index (χ1) is 5.36. The van der Waals surface area contributed by atoms with Crippen LogP contribution in [0, 0.1) is 5.92 Å². The maximum Gasteiger partial charge on any atom is 0.246 e. The molecule has 11 heavy (non-hydrogen) atoms. The Bertz CT molecular complexity index is 155. The lowest BCUT2D eigenvalue weighted by Gasteiger charge is -2.11. The molecule has 0 spiro atoms. The number of carbonyl (C=O) groups is 1. The van der Waals surface area contributed by atoms with E-state index in [9.17, 15) is 4.79 Å². The average molecular weight is 157 g/mol. The second-order valence-corrected chi connectivity index (χ2v) is 2.95. The van der Waals surface area contributed by atoms with E-state index in [4.69, 9.17) is 9.47 Å². The Morgan fingerprint density at radius 3 is 3.27 bits per heavy atom. The van der Waals surface area contributed by atoms with Gasteiger partial charge < -0.3 is 14.8 Å². The topological polar surface area (TPSA) is 47.6 Å². The van der Waals surface area contributed by atoms with Crippen LogP contribution in [0.15, 0.2) is 0 Å². The fourth-order valence-corrected chi connectivity index (χ4v) is 1.43. The standard InChI is InChI=1S/C7H11NO3/c9-7-4-11-6-3-10-2-5(6)1-8-7/h5-6H,1-4H2,(H,8,9)/t5-,6+/m0/s1. The predicted molar refractivity (Wildman–Crippen MR) is 37.1 cm³/mol. The van der Waals surface area contributed by atoms with E-state index in [1.807, 2.05) is 0 Å². The van der Waals surface area contributed by atoms with Gasteiger partial charge in [-0.1, -0.05) is 0 Å². The van der Waals surface area contributed by atoms with E-state index in [1.54, 1.807) is 0 Å². The number of nitrogens with one attached hydrogen (secondary N) is 1. The minimum absolute atomic E-state index is 0.0144. The lowest BCUT2D eigenvalue weighted by atomic mass is 10.1. The zero-order valence-corrected chi connectivity index (χ0v) is 6.21. The third kappa shape index (κ3) is 1.36. The summed E-state index contributed by atoms with van der Waals surface area (Å²) in [5.74, 6) is 0.348. The summed E-state index contributed by atoms with van der Waals surface area (Å²) in [6.07, 6.45) is 0.133. The van der Waals surface area contributed by atoms with E-state index in [0.29, 0.717) is 25.7 Å². The highest BCUT2D eigenvalue weighted by Gasteiger charge is 2.31. The van der Waals surface area contributed by atoms with Crippen LogP contribution in [0.5, 0.6) is 0 Å². The van der Waals surface area contributed by atoms with Crippen molar-refractivity contribution in [3.8, 4) is 0 Å². The molecule has 2 saturated heterocycles. The molecule has 1 amide bonds. The van der Waals surface area contributed by atoms with Crippen molar-refractivity contribution < 1.29 is 14.3 Å². The van der Waals surface area contributed by atoms with Crippen molar-refractivity contribution in [2.75, 3.05) is 26.4 Å². The Labute approximate surface area is 64.9 Å². The first-order valence-corrected chi connectivity index (χ1v) is 3.82. The van der Waals surface area contributed by atoms with E-state index in [-0.39, 0.29) is 18.6 Å². The van der Waals surface area contributed by atoms with E-state index in [0.717, 1.165) is 0 Å². The molecule has 1 N–H and O–H groups in total. The largest absolute Gasteiger partial charge is 0.378 e. The van der Waals surface area contributed by atoms with Gasteiger partial charge in [-0.05, 0) is 0 Å². The van der Waals surface area contributed by atoms with Crippen molar-refractivity contribution in [3.63, 3.8) is 0 Å². The molecular formula is C7H11NO3. The molecular weight excluding hydrogens is 146 g/mol. The maximum absolute atomic E-state index is 10.8. The van der Waals surface area contributed by atoms with Crippen LogP contribution in [0.2, 0.25) is 0 Å². The first-order valence-electron chi connectivity index (χ1n) is 3.82. The van der Waals surface area contributed by atoms with Crippen molar-refractivity contribution in [1.29, 1.82) is 0 Å². The minimum atomic E-state index is -0.0144. The molecule has 2 rings (SSSR count). The van der Waals surface area contributed by atoms with Crippen molar-refractivity contribution >= 4 is 5.91 Å². The molecule has 4 heteroatoms. The lowest BCUT2D eigenvalue weighted by molar-refractivity contribution is -0.125. The molecule has 2 fully saturated rings. The highest BCUT2D eigenvalue weighted by Crippen LogP contribution is 2.17. The summed E-state index contributed by atoms with van der Waals surface area (Å²) >= 11 is 0. The Hall–Kier alpha value is -0.610. The number of ether oxygens (including phenoxy) is 2. The molecule has 0 bridgehead atoms. The smallest absolute Gasteiger partial charge is 0.246 e. The number of fused-ring (bicyclic) bond motifs is 1. The monoisotopic (exact) mass is 157 g/mol. The third-order valence-corrected chi connectivity index (χ3v) is 2.13. The molecule has 2 aliphatic heterocycles. The van der Waals surface area contributed by atoms with Gasteiger partial charge in [0.15, 0.2) is 0 Å². The molecule has 0 aliphatic carbocycles. The van der Waals surface area contributed by atoms with Gasteiger partial charge in [0, 0.05) is 12.5 Å². The van der Waals surface area contributed by atoms with E-state index < -0.39 is 0 Å². The summed E-state index contributed by atoms with van der Waals surface area (Å²) < 4.78 is 10.5. The zero-order chi connectivity index (χ0) is 7.68. The molecule has 0 aromatic rings. The second-order valence-electron chi connectivity index (χ2n) is 2.95. The van der Waals surface area contributed by atoms with Gasteiger partial charge in [0.25, 0.3) is 0 Å². The summed E-state index contributed by atoms with van der Waals surface area (Å²) in [5.41, 5.74) is 0. The number of amides is 1. The van der Waals surface area contributed by atoms with Gasteiger partial charge in [-0.2, -0.15) is 0 Å². The average Bonchev–Trinajstić information content (AvgIpc) is 2.38. The molecule has 62 valence electrons. The Morgan fingerprint density at radius 2 is 2.36 bits per heavy atom. The van der Waals surface area contributed by atoms with Crippen molar-refractivity contribution in [2.45, 2.75) is 6.10 Å². The van der Waals surface area contributed by atoms with Gasteiger partial charge in [0.1, 0.15) is 6.61 Å². The van der Waals surface area contributed by atoms with E-state index in [2.05, 4.69) is 5.32 Å². The molecule has 0 aromatic carbocycles. The van der Waals surface area contributed by atoms with Crippen LogP contribution >= 0.6 is 0 Å². The summed E-state index contributed by atoms with van der Waals surface area (Å²) in [7, 11) is 0. The predicted octanol–water partition coefficient (Wildman–Crippen LogP) is -0.852. The number of carbonyl (C=O) groups excluding carboxylic acids is 1. The summed E-state index contributed by atoms with van der Waals surface area (Å²) in [6.45, 7) is 2.23. The number of hydrogen-bond acceptors (Lipinski definition) is 3. The fraction of sp³-hybridized carbons (Fsp3) is 0.857. The summed E-state index contributed by atoms with van der Waals surface area (Å²) in [6, 6.07) is 0. The van der Waals surface area contributed by atoms with Gasteiger partial charge in [0.2, 0.25) is 5.91 Å². The van der Waals surface area contributed by atoms with Gasteiger partial charge in [-0.25, -0.2) is 0 Å². The molecule has 4 nitrogen and oxygen atoms in total. The number of rotatable bonds is 0. The molecule has 2 aliphatic rings.